The van der Waals surface area contributed by atoms with E-state index in [0.29, 0.717) is 0 Å². The zero-order chi connectivity index (χ0) is 30.2. The molecule has 10 rings (SSSR count). The van der Waals surface area contributed by atoms with Crippen molar-refractivity contribution in [3.63, 3.8) is 0 Å². The van der Waals surface area contributed by atoms with Crippen LogP contribution in [0.1, 0.15) is 22.3 Å². The van der Waals surface area contributed by atoms with Gasteiger partial charge in [0.1, 0.15) is 11.5 Å². The molecule has 1 aliphatic heterocycles. The van der Waals surface area contributed by atoms with Gasteiger partial charge in [-0.3, -0.25) is 0 Å². The van der Waals surface area contributed by atoms with Gasteiger partial charge >= 0.3 is 0 Å². The standard InChI is InChI=1S/C45H28O/c1-2-14-30(15-3-1)45(40-23-10-7-18-34(40)38-26-25-29-13-4-5-16-31(29)44(38)45)39-22-9-6-17-33(39)32-27-28-42-43-36(32)20-12-21-37(43)35-19-8-11-24-41(35)46-42/h1-28H. The Kier molecular flexibility index (Phi) is 5.27. The summed E-state index contributed by atoms with van der Waals surface area (Å²) in [6.45, 7) is 0. The van der Waals surface area contributed by atoms with E-state index in [9.17, 15) is 0 Å². The first-order chi connectivity index (χ1) is 22.8. The minimum Gasteiger partial charge on any atom is -0.456 e. The molecule has 0 fully saturated rings. The topological polar surface area (TPSA) is 9.23 Å². The van der Waals surface area contributed by atoms with Gasteiger partial charge in [0.25, 0.3) is 0 Å². The monoisotopic (exact) mass is 584 g/mol. The molecule has 1 atom stereocenters. The van der Waals surface area contributed by atoms with Crippen LogP contribution in [0.3, 0.4) is 0 Å². The third-order valence-electron chi connectivity index (χ3n) is 10.2. The maximum atomic E-state index is 6.50. The van der Waals surface area contributed by atoms with Crippen molar-refractivity contribution in [2.75, 3.05) is 0 Å². The molecule has 0 saturated carbocycles. The van der Waals surface area contributed by atoms with E-state index in [1.165, 1.54) is 71.6 Å². The highest BCUT2D eigenvalue weighted by Crippen LogP contribution is 2.60. The van der Waals surface area contributed by atoms with Crippen LogP contribution < -0.4 is 4.74 Å². The Hall–Kier alpha value is -5.92. The molecule has 2 aliphatic rings. The molecule has 1 aliphatic carbocycles. The summed E-state index contributed by atoms with van der Waals surface area (Å²) in [6, 6.07) is 62.1. The summed E-state index contributed by atoms with van der Waals surface area (Å²) >= 11 is 0. The molecule has 1 heterocycles. The van der Waals surface area contributed by atoms with E-state index in [1.807, 2.05) is 6.07 Å². The maximum Gasteiger partial charge on any atom is 0.135 e. The van der Waals surface area contributed by atoms with E-state index >= 15 is 0 Å². The van der Waals surface area contributed by atoms with E-state index in [0.717, 1.165) is 17.1 Å². The van der Waals surface area contributed by atoms with E-state index in [-0.39, 0.29) is 0 Å². The van der Waals surface area contributed by atoms with Gasteiger partial charge in [0, 0.05) is 10.9 Å². The molecule has 1 heteroatoms. The minimum absolute atomic E-state index is 0.534. The lowest BCUT2D eigenvalue weighted by Crippen LogP contribution is -2.29. The zero-order valence-corrected chi connectivity index (χ0v) is 25.1. The fourth-order valence-electron chi connectivity index (χ4n) is 8.36. The fourth-order valence-corrected chi connectivity index (χ4v) is 8.36. The molecular formula is C45H28O. The second-order valence-corrected chi connectivity index (χ2v) is 12.4. The minimum atomic E-state index is -0.534. The first-order valence-corrected chi connectivity index (χ1v) is 15.9. The van der Waals surface area contributed by atoms with Gasteiger partial charge in [0.15, 0.2) is 0 Å². The molecule has 0 saturated heterocycles. The highest BCUT2D eigenvalue weighted by atomic mass is 16.5. The molecule has 0 aromatic heterocycles. The van der Waals surface area contributed by atoms with Crippen LogP contribution in [-0.4, -0.2) is 0 Å². The molecule has 8 aromatic rings. The van der Waals surface area contributed by atoms with Gasteiger partial charge in [-0.1, -0.05) is 158 Å². The SMILES string of the molecule is c1ccc(C2(c3ccccc3-c3ccc4c5c(cccc35)-c3ccccc3O4)c3ccccc3-c3ccc4ccccc4c32)cc1. The number of benzene rings is 8. The molecule has 8 aromatic carbocycles. The van der Waals surface area contributed by atoms with Gasteiger partial charge in [-0.15, -0.1) is 0 Å². The number of hydrogen-bond donors (Lipinski definition) is 0. The molecular weight excluding hydrogens is 556 g/mol. The van der Waals surface area contributed by atoms with Crippen molar-refractivity contribution in [3.8, 4) is 44.9 Å². The number of fused-ring (bicyclic) bond motifs is 7. The highest BCUT2D eigenvalue weighted by Gasteiger charge is 2.48. The lowest BCUT2D eigenvalue weighted by atomic mass is 9.65. The Labute approximate surface area is 268 Å². The Morgan fingerprint density at radius 1 is 0.348 bits per heavy atom. The average Bonchev–Trinajstić information content (AvgIpc) is 3.44. The van der Waals surface area contributed by atoms with Gasteiger partial charge in [0.05, 0.1) is 5.41 Å². The van der Waals surface area contributed by atoms with E-state index in [4.69, 9.17) is 4.74 Å². The fraction of sp³-hybridized carbons (Fsp3) is 0.0222. The quantitative estimate of drug-likeness (QED) is 0.201. The van der Waals surface area contributed by atoms with Gasteiger partial charge < -0.3 is 4.74 Å². The van der Waals surface area contributed by atoms with Crippen molar-refractivity contribution in [1.29, 1.82) is 0 Å². The van der Waals surface area contributed by atoms with E-state index in [2.05, 4.69) is 164 Å². The summed E-state index contributed by atoms with van der Waals surface area (Å²) in [5.74, 6) is 1.82. The van der Waals surface area contributed by atoms with E-state index < -0.39 is 5.41 Å². The molecule has 0 N–H and O–H groups in total. The third kappa shape index (κ3) is 3.29. The normalized spacial score (nSPS) is 15.7. The van der Waals surface area contributed by atoms with Crippen molar-refractivity contribution in [3.05, 3.63) is 192 Å². The molecule has 214 valence electrons. The lowest BCUT2D eigenvalue weighted by molar-refractivity contribution is 0.487. The summed E-state index contributed by atoms with van der Waals surface area (Å²) in [7, 11) is 0. The molecule has 0 bridgehead atoms. The predicted octanol–water partition coefficient (Wildman–Crippen LogP) is 11.8. The average molecular weight is 585 g/mol. The smallest absolute Gasteiger partial charge is 0.135 e. The first kappa shape index (κ1) is 25.4. The van der Waals surface area contributed by atoms with Gasteiger partial charge in [-0.25, -0.2) is 0 Å². The molecule has 0 amide bonds. The molecule has 46 heavy (non-hydrogen) atoms. The number of hydrogen-bond acceptors (Lipinski definition) is 1. The summed E-state index contributed by atoms with van der Waals surface area (Å²) in [5, 5.41) is 4.91. The first-order valence-electron chi connectivity index (χ1n) is 15.9. The molecule has 1 unspecified atom stereocenters. The second-order valence-electron chi connectivity index (χ2n) is 12.4. The van der Waals surface area contributed by atoms with Crippen molar-refractivity contribution < 1.29 is 4.74 Å². The van der Waals surface area contributed by atoms with Gasteiger partial charge in [-0.05, 0) is 78.4 Å². The maximum absolute atomic E-state index is 6.50. The lowest BCUT2D eigenvalue weighted by Gasteiger charge is -2.36. The summed E-state index contributed by atoms with van der Waals surface area (Å²) in [6.07, 6.45) is 0. The summed E-state index contributed by atoms with van der Waals surface area (Å²) in [5.41, 5.74) is 12.1. The van der Waals surface area contributed by atoms with Crippen LogP contribution in [0.15, 0.2) is 170 Å². The van der Waals surface area contributed by atoms with Crippen molar-refractivity contribution in [2.24, 2.45) is 0 Å². The van der Waals surface area contributed by atoms with Gasteiger partial charge in [0.2, 0.25) is 0 Å². The number of para-hydroxylation sites is 1. The van der Waals surface area contributed by atoms with Crippen LogP contribution in [-0.2, 0) is 5.41 Å². The Morgan fingerprint density at radius 2 is 0.957 bits per heavy atom. The Bertz CT molecular complexity index is 2510. The molecule has 1 nitrogen and oxygen atoms in total. The summed E-state index contributed by atoms with van der Waals surface area (Å²) < 4.78 is 6.50. The number of ether oxygens (including phenoxy) is 1. The number of rotatable bonds is 3. The second kappa shape index (κ2) is 9.54. The van der Waals surface area contributed by atoms with Crippen LogP contribution in [0.4, 0.5) is 0 Å². The van der Waals surface area contributed by atoms with Crippen LogP contribution in [0.5, 0.6) is 11.5 Å². The molecule has 0 spiro atoms. The predicted molar refractivity (Wildman–Crippen MR) is 190 cm³/mol. The Balaban J connectivity index is 1.35. The largest absolute Gasteiger partial charge is 0.456 e. The summed E-state index contributed by atoms with van der Waals surface area (Å²) in [4.78, 5) is 0. The third-order valence-corrected chi connectivity index (χ3v) is 10.2. The van der Waals surface area contributed by atoms with Crippen molar-refractivity contribution in [2.45, 2.75) is 5.41 Å². The van der Waals surface area contributed by atoms with Crippen LogP contribution in [0.2, 0.25) is 0 Å². The van der Waals surface area contributed by atoms with Crippen LogP contribution in [0, 0.1) is 0 Å². The van der Waals surface area contributed by atoms with Crippen molar-refractivity contribution in [1.82, 2.24) is 0 Å². The van der Waals surface area contributed by atoms with E-state index in [1.54, 1.807) is 0 Å². The van der Waals surface area contributed by atoms with Crippen LogP contribution in [0.25, 0.3) is 54.9 Å². The van der Waals surface area contributed by atoms with Crippen LogP contribution >= 0.6 is 0 Å². The van der Waals surface area contributed by atoms with Gasteiger partial charge in [-0.2, -0.15) is 0 Å². The molecule has 0 radical (unpaired) electrons. The zero-order valence-electron chi connectivity index (χ0n) is 25.1. The Morgan fingerprint density at radius 3 is 1.78 bits per heavy atom. The van der Waals surface area contributed by atoms with Crippen molar-refractivity contribution >= 4 is 21.5 Å². The highest BCUT2D eigenvalue weighted by molar-refractivity contribution is 6.11.